The number of nitrogens with one attached hydrogen (secondary N) is 1. The highest BCUT2D eigenvalue weighted by molar-refractivity contribution is 7.81. The molecule has 5 N–H and O–H groups in total. The van der Waals surface area contributed by atoms with E-state index in [1.165, 1.54) is 24.3 Å². The number of hydrogen-bond acceptors (Lipinski definition) is 6. The molecule has 0 amide bonds. The summed E-state index contributed by atoms with van der Waals surface area (Å²) in [5, 5.41) is 25.5. The van der Waals surface area contributed by atoms with E-state index in [2.05, 4.69) is 10.2 Å². The van der Waals surface area contributed by atoms with Gasteiger partial charge in [0.05, 0.1) is 17.5 Å². The first-order valence-electron chi connectivity index (χ1n) is 12.8. The van der Waals surface area contributed by atoms with Crippen molar-refractivity contribution in [2.24, 2.45) is 0 Å². The number of benzene rings is 4. The highest BCUT2D eigenvalue weighted by atomic mass is 32.1. The van der Waals surface area contributed by atoms with Gasteiger partial charge in [0.15, 0.2) is 0 Å². The summed E-state index contributed by atoms with van der Waals surface area (Å²) in [6.45, 7) is 0. The second kappa shape index (κ2) is 11.7. The topological polar surface area (TPSA) is 113 Å². The summed E-state index contributed by atoms with van der Waals surface area (Å²) in [7, 11) is -4.35. The monoisotopic (exact) mass is 580 g/mol. The van der Waals surface area contributed by atoms with E-state index in [0.29, 0.717) is 35.1 Å². The van der Waals surface area contributed by atoms with E-state index in [-0.39, 0.29) is 34.5 Å². The minimum atomic E-state index is -4.35. The van der Waals surface area contributed by atoms with E-state index < -0.39 is 13.7 Å². The maximum Gasteiger partial charge on any atom is 0.356 e. The molecule has 208 valence electrons. The van der Waals surface area contributed by atoms with Crippen molar-refractivity contribution in [3.8, 4) is 16.9 Å². The number of hydrogen-bond donors (Lipinski definition) is 6. The fourth-order valence-electron chi connectivity index (χ4n) is 5.23. The van der Waals surface area contributed by atoms with Crippen LogP contribution in [-0.4, -0.2) is 31.5 Å². The lowest BCUT2D eigenvalue weighted by molar-refractivity contribution is 0.159. The van der Waals surface area contributed by atoms with Crippen LogP contribution in [0.15, 0.2) is 97.1 Å². The summed E-state index contributed by atoms with van der Waals surface area (Å²) in [6.07, 6.45) is 0.182. The molecule has 0 saturated carbocycles. The molecule has 1 fully saturated rings. The quantitative estimate of drug-likeness (QED) is 0.125. The Morgan fingerprint density at radius 1 is 0.925 bits per heavy atom. The van der Waals surface area contributed by atoms with E-state index in [1.54, 1.807) is 30.3 Å². The fourth-order valence-corrected chi connectivity index (χ4v) is 6.23. The van der Waals surface area contributed by atoms with Gasteiger partial charge in [0.25, 0.3) is 0 Å². The van der Waals surface area contributed by atoms with Crippen molar-refractivity contribution in [2.45, 2.75) is 36.5 Å². The fraction of sp³-hybridized carbons (Fsp3) is 0.200. The molecule has 4 atom stereocenters. The first-order chi connectivity index (χ1) is 19.1. The number of thiol groups is 1. The molecule has 0 bridgehead atoms. The Kier molecular flexibility index (Phi) is 8.33. The third-order valence-electron chi connectivity index (χ3n) is 7.25. The average molecular weight is 581 g/mol. The highest BCUT2D eigenvalue weighted by Crippen LogP contribution is 2.43. The molecular formula is C30H30FN2O5PS. The summed E-state index contributed by atoms with van der Waals surface area (Å²) in [5.41, 5.74) is 3.26. The molecule has 0 aliphatic carbocycles. The molecule has 1 aliphatic heterocycles. The Morgan fingerprint density at radius 2 is 1.57 bits per heavy atom. The molecule has 1 aliphatic rings. The molecule has 7 nitrogen and oxygen atoms in total. The molecule has 4 aromatic carbocycles. The summed E-state index contributed by atoms with van der Waals surface area (Å²) >= 11 is 4.80. The minimum Gasteiger partial charge on any atom is -0.508 e. The number of para-hydroxylation sites is 1. The van der Waals surface area contributed by atoms with Crippen LogP contribution in [-0.2, 0) is 4.57 Å². The Balaban J connectivity index is 1.44. The van der Waals surface area contributed by atoms with Gasteiger partial charge in [-0.1, -0.05) is 54.6 Å². The largest absolute Gasteiger partial charge is 0.508 e. The zero-order valence-electron chi connectivity index (χ0n) is 21.4. The second-order valence-corrected chi connectivity index (χ2v) is 11.9. The van der Waals surface area contributed by atoms with Gasteiger partial charge < -0.3 is 24.9 Å². The summed E-state index contributed by atoms with van der Waals surface area (Å²) in [5.74, 6) is -0.294. The van der Waals surface area contributed by atoms with Crippen molar-refractivity contribution < 1.29 is 29.0 Å². The zero-order valence-corrected chi connectivity index (χ0v) is 23.2. The molecule has 1 heterocycles. The van der Waals surface area contributed by atoms with Gasteiger partial charge in [-0.25, -0.2) is 4.39 Å². The predicted octanol–water partition coefficient (Wildman–Crippen LogP) is 5.25. The van der Waals surface area contributed by atoms with E-state index >= 15 is 0 Å². The van der Waals surface area contributed by atoms with Gasteiger partial charge in [-0.05, 0) is 72.0 Å². The molecule has 10 heteroatoms. The molecule has 40 heavy (non-hydrogen) atoms. The SMILES string of the molecule is O=P(O)(O)c1ccc(-c2ccc(C3C(CCC(O)c4ccc(F)cc4)NC(S)N3c3ccccc3)c(O)c2)cc1. The van der Waals surface area contributed by atoms with Crippen LogP contribution in [0.5, 0.6) is 5.75 Å². The highest BCUT2D eigenvalue weighted by Gasteiger charge is 2.41. The number of anilines is 1. The maximum atomic E-state index is 13.3. The van der Waals surface area contributed by atoms with Gasteiger partial charge in [-0.15, -0.1) is 12.6 Å². The summed E-state index contributed by atoms with van der Waals surface area (Å²) in [6, 6.07) is 26.4. The van der Waals surface area contributed by atoms with Crippen molar-refractivity contribution >= 4 is 31.2 Å². The number of nitrogens with zero attached hydrogens (tertiary/aromatic N) is 1. The van der Waals surface area contributed by atoms with E-state index in [1.807, 2.05) is 42.5 Å². The number of halogens is 1. The summed E-state index contributed by atoms with van der Waals surface area (Å²) < 4.78 is 24.9. The Labute approximate surface area is 237 Å². The number of phenols is 1. The van der Waals surface area contributed by atoms with Crippen LogP contribution >= 0.6 is 20.2 Å². The van der Waals surface area contributed by atoms with E-state index in [0.717, 1.165) is 5.69 Å². The van der Waals surface area contributed by atoms with Crippen LogP contribution in [0.3, 0.4) is 0 Å². The van der Waals surface area contributed by atoms with Crippen LogP contribution in [0.4, 0.5) is 10.1 Å². The van der Waals surface area contributed by atoms with E-state index in [4.69, 9.17) is 12.6 Å². The van der Waals surface area contributed by atoms with Crippen molar-refractivity contribution in [2.75, 3.05) is 4.90 Å². The van der Waals surface area contributed by atoms with Crippen LogP contribution in [0.2, 0.25) is 0 Å². The van der Waals surface area contributed by atoms with Gasteiger partial charge in [-0.2, -0.15) is 0 Å². The van der Waals surface area contributed by atoms with Crippen molar-refractivity contribution in [3.05, 3.63) is 114 Å². The van der Waals surface area contributed by atoms with Gasteiger partial charge in [0.2, 0.25) is 0 Å². The Morgan fingerprint density at radius 3 is 2.20 bits per heavy atom. The first-order valence-corrected chi connectivity index (χ1v) is 14.9. The Hall–Kier alpha value is -3.17. The molecule has 1 saturated heterocycles. The molecule has 0 aromatic heterocycles. The lowest BCUT2D eigenvalue weighted by Gasteiger charge is -2.32. The summed E-state index contributed by atoms with van der Waals surface area (Å²) in [4.78, 5) is 20.9. The number of phenolic OH excluding ortho intramolecular Hbond substituents is 1. The normalized spacial score (nSPS) is 20.0. The third-order valence-corrected chi connectivity index (χ3v) is 8.62. The van der Waals surface area contributed by atoms with Gasteiger partial charge in [0, 0.05) is 17.3 Å². The van der Waals surface area contributed by atoms with Gasteiger partial charge in [0.1, 0.15) is 17.1 Å². The number of aliphatic hydroxyl groups excluding tert-OH is 1. The number of rotatable bonds is 8. The molecule has 5 rings (SSSR count). The van der Waals surface area contributed by atoms with Crippen molar-refractivity contribution in [3.63, 3.8) is 0 Å². The number of aromatic hydroxyl groups is 1. The maximum absolute atomic E-state index is 13.3. The van der Waals surface area contributed by atoms with Crippen molar-refractivity contribution in [1.29, 1.82) is 0 Å². The lowest BCUT2D eigenvalue weighted by atomic mass is 9.91. The second-order valence-electron chi connectivity index (χ2n) is 9.84. The van der Waals surface area contributed by atoms with E-state index in [9.17, 15) is 29.0 Å². The lowest BCUT2D eigenvalue weighted by Crippen LogP contribution is -2.31. The smallest absolute Gasteiger partial charge is 0.356 e. The molecular weight excluding hydrogens is 550 g/mol. The van der Waals surface area contributed by atoms with Crippen molar-refractivity contribution in [1.82, 2.24) is 5.32 Å². The standard InChI is InChI=1S/C30H30FN2O5PS/c31-22-11-6-20(7-12-22)27(34)17-16-26-29(33(30(40)32-26)23-4-2-1-3-5-23)25-15-10-21(18-28(25)35)19-8-13-24(14-9-19)39(36,37)38/h1-15,18,26-27,29-30,32,34-35,40H,16-17H2,(H2,36,37,38). The van der Waals surface area contributed by atoms with Gasteiger partial charge in [-0.3, -0.25) is 9.88 Å². The molecule has 4 unspecified atom stereocenters. The number of aliphatic hydroxyl groups is 1. The minimum absolute atomic E-state index is 0.0656. The Bertz CT molecular complexity index is 1500. The molecule has 0 radical (unpaired) electrons. The van der Waals surface area contributed by atoms with Crippen LogP contribution < -0.4 is 15.5 Å². The molecule has 4 aromatic rings. The van der Waals surface area contributed by atoms with Gasteiger partial charge >= 0.3 is 7.60 Å². The average Bonchev–Trinajstić information content (AvgIpc) is 3.27. The predicted molar refractivity (Wildman–Crippen MR) is 157 cm³/mol. The van der Waals surface area contributed by atoms with Crippen LogP contribution in [0.25, 0.3) is 11.1 Å². The van der Waals surface area contributed by atoms with Crippen LogP contribution in [0, 0.1) is 5.82 Å². The first kappa shape index (κ1) is 28.4. The third kappa shape index (κ3) is 6.10. The zero-order chi connectivity index (χ0) is 28.4. The van der Waals surface area contributed by atoms with Crippen LogP contribution in [0.1, 0.15) is 36.1 Å². The molecule has 0 spiro atoms.